The fourth-order valence-electron chi connectivity index (χ4n) is 3.57. The van der Waals surface area contributed by atoms with Crippen LogP contribution in [0.2, 0.25) is 0 Å². The van der Waals surface area contributed by atoms with E-state index in [1.807, 2.05) is 0 Å². The summed E-state index contributed by atoms with van der Waals surface area (Å²) in [5.41, 5.74) is 4.59. The predicted molar refractivity (Wildman–Crippen MR) is 94.7 cm³/mol. The van der Waals surface area contributed by atoms with Crippen molar-refractivity contribution in [3.8, 4) is 0 Å². The molecular formula is C18H28N2OS. The van der Waals surface area contributed by atoms with Gasteiger partial charge in [0.25, 0.3) is 0 Å². The number of hydrogen-bond donors (Lipinski definition) is 1. The lowest BCUT2D eigenvalue weighted by molar-refractivity contribution is -0.0134. The van der Waals surface area contributed by atoms with Crippen LogP contribution in [0.4, 0.5) is 0 Å². The maximum absolute atomic E-state index is 5.54. The quantitative estimate of drug-likeness (QED) is 0.901. The summed E-state index contributed by atoms with van der Waals surface area (Å²) in [4.78, 5) is 2.67. The third-order valence-corrected chi connectivity index (χ3v) is 6.48. The molecule has 1 N–H and O–H groups in total. The standard InChI is InChI=1S/C18H28N2OS/c1-15-4-3-5-17(16(15)2)12-19-13-18(6-11-22-14-18)20-7-9-21-10-8-20/h3-5,19H,6-14H2,1-2H3. The molecule has 1 unspecified atom stereocenters. The number of benzene rings is 1. The number of ether oxygens (including phenoxy) is 1. The Morgan fingerprint density at radius 3 is 2.82 bits per heavy atom. The molecule has 0 saturated carbocycles. The largest absolute Gasteiger partial charge is 0.379 e. The second-order valence-corrected chi connectivity index (χ2v) is 7.69. The van der Waals surface area contributed by atoms with E-state index in [-0.39, 0.29) is 0 Å². The number of aryl methyl sites for hydroxylation is 1. The van der Waals surface area contributed by atoms with Gasteiger partial charge in [0.05, 0.1) is 13.2 Å². The van der Waals surface area contributed by atoms with Gasteiger partial charge in [-0.05, 0) is 42.7 Å². The summed E-state index contributed by atoms with van der Waals surface area (Å²) in [5, 5.41) is 3.75. The Bertz CT molecular complexity index is 494. The summed E-state index contributed by atoms with van der Waals surface area (Å²) in [6, 6.07) is 6.62. The predicted octanol–water partition coefficient (Wildman–Crippen LogP) is 2.60. The number of nitrogens with one attached hydrogen (secondary N) is 1. The van der Waals surface area contributed by atoms with Gasteiger partial charge in [0.2, 0.25) is 0 Å². The van der Waals surface area contributed by atoms with E-state index in [1.54, 1.807) is 0 Å². The topological polar surface area (TPSA) is 24.5 Å². The van der Waals surface area contributed by atoms with Gasteiger partial charge in [-0.3, -0.25) is 4.90 Å². The summed E-state index contributed by atoms with van der Waals surface area (Å²) in [7, 11) is 0. The average Bonchev–Trinajstić information content (AvgIpc) is 3.02. The van der Waals surface area contributed by atoms with Crippen molar-refractivity contribution in [1.29, 1.82) is 0 Å². The van der Waals surface area contributed by atoms with Gasteiger partial charge in [-0.1, -0.05) is 18.2 Å². The number of hydrogen-bond acceptors (Lipinski definition) is 4. The molecule has 0 spiro atoms. The van der Waals surface area contributed by atoms with Crippen molar-refractivity contribution >= 4 is 11.8 Å². The van der Waals surface area contributed by atoms with Crippen molar-refractivity contribution in [1.82, 2.24) is 10.2 Å². The Morgan fingerprint density at radius 2 is 2.09 bits per heavy atom. The van der Waals surface area contributed by atoms with Crippen molar-refractivity contribution < 1.29 is 4.74 Å². The minimum absolute atomic E-state index is 0.339. The van der Waals surface area contributed by atoms with Crippen LogP contribution in [-0.4, -0.2) is 54.8 Å². The van der Waals surface area contributed by atoms with Gasteiger partial charge in [0, 0.05) is 37.5 Å². The lowest BCUT2D eigenvalue weighted by atomic mass is 9.95. The zero-order chi connectivity index (χ0) is 15.4. The molecule has 1 aromatic carbocycles. The molecule has 3 nitrogen and oxygen atoms in total. The molecule has 0 bridgehead atoms. The van der Waals surface area contributed by atoms with Crippen LogP contribution in [0.5, 0.6) is 0 Å². The molecule has 122 valence electrons. The normalized spacial score (nSPS) is 26.5. The third kappa shape index (κ3) is 3.51. The molecule has 1 atom stereocenters. The van der Waals surface area contributed by atoms with Crippen LogP contribution in [0.3, 0.4) is 0 Å². The molecule has 0 aromatic heterocycles. The molecular weight excluding hydrogens is 292 g/mol. The molecule has 2 saturated heterocycles. The third-order valence-electron chi connectivity index (χ3n) is 5.25. The van der Waals surface area contributed by atoms with Crippen LogP contribution in [0.1, 0.15) is 23.1 Å². The zero-order valence-corrected chi connectivity index (χ0v) is 14.7. The van der Waals surface area contributed by atoms with Crippen LogP contribution < -0.4 is 5.32 Å². The first kappa shape index (κ1) is 16.3. The summed E-state index contributed by atoms with van der Waals surface area (Å²) >= 11 is 2.10. The molecule has 2 aliphatic rings. The van der Waals surface area contributed by atoms with Gasteiger partial charge in [-0.15, -0.1) is 0 Å². The van der Waals surface area contributed by atoms with E-state index in [4.69, 9.17) is 4.74 Å². The van der Waals surface area contributed by atoms with E-state index >= 15 is 0 Å². The molecule has 0 radical (unpaired) electrons. The maximum atomic E-state index is 5.54. The highest BCUT2D eigenvalue weighted by molar-refractivity contribution is 7.99. The highest BCUT2D eigenvalue weighted by atomic mass is 32.2. The lowest BCUT2D eigenvalue weighted by Crippen LogP contribution is -2.58. The summed E-state index contributed by atoms with van der Waals surface area (Å²) < 4.78 is 5.54. The Balaban J connectivity index is 1.61. The van der Waals surface area contributed by atoms with Crippen LogP contribution >= 0.6 is 11.8 Å². The van der Waals surface area contributed by atoms with Gasteiger partial charge >= 0.3 is 0 Å². The lowest BCUT2D eigenvalue weighted by Gasteiger charge is -2.43. The molecule has 0 amide bonds. The molecule has 2 heterocycles. The fraction of sp³-hybridized carbons (Fsp3) is 0.667. The first-order valence-corrected chi connectivity index (χ1v) is 9.53. The second-order valence-electron chi connectivity index (χ2n) is 6.59. The van der Waals surface area contributed by atoms with Crippen molar-refractivity contribution in [3.63, 3.8) is 0 Å². The second kappa shape index (κ2) is 7.35. The van der Waals surface area contributed by atoms with Gasteiger partial charge in [-0.25, -0.2) is 0 Å². The Labute approximate surface area is 138 Å². The minimum Gasteiger partial charge on any atom is -0.379 e. The van der Waals surface area contributed by atoms with E-state index < -0.39 is 0 Å². The summed E-state index contributed by atoms with van der Waals surface area (Å²) in [5.74, 6) is 2.55. The summed E-state index contributed by atoms with van der Waals surface area (Å²) in [6.45, 7) is 10.5. The molecule has 0 aliphatic carbocycles. The highest BCUT2D eigenvalue weighted by Gasteiger charge is 2.40. The van der Waals surface area contributed by atoms with Crippen molar-refractivity contribution in [2.75, 3.05) is 44.4 Å². The molecule has 1 aromatic rings. The molecule has 2 fully saturated rings. The van der Waals surface area contributed by atoms with Crippen molar-refractivity contribution in [2.24, 2.45) is 0 Å². The number of morpholine rings is 1. The molecule has 22 heavy (non-hydrogen) atoms. The van der Waals surface area contributed by atoms with E-state index in [2.05, 4.69) is 54.0 Å². The SMILES string of the molecule is Cc1cccc(CNCC2(N3CCOCC3)CCSC2)c1C. The van der Waals surface area contributed by atoms with Gasteiger partial charge in [0.15, 0.2) is 0 Å². The van der Waals surface area contributed by atoms with Gasteiger partial charge in [-0.2, -0.15) is 11.8 Å². The maximum Gasteiger partial charge on any atom is 0.0594 e. The molecule has 2 aliphatic heterocycles. The fourth-order valence-corrected chi connectivity index (χ4v) is 5.05. The number of rotatable bonds is 5. The first-order chi connectivity index (χ1) is 10.7. The van der Waals surface area contributed by atoms with Gasteiger partial charge in [0.1, 0.15) is 0 Å². The minimum atomic E-state index is 0.339. The monoisotopic (exact) mass is 320 g/mol. The van der Waals surface area contributed by atoms with Gasteiger partial charge < -0.3 is 10.1 Å². The van der Waals surface area contributed by atoms with E-state index in [0.717, 1.165) is 39.4 Å². The summed E-state index contributed by atoms with van der Waals surface area (Å²) in [6.07, 6.45) is 1.30. The van der Waals surface area contributed by atoms with Crippen LogP contribution in [0.15, 0.2) is 18.2 Å². The van der Waals surface area contributed by atoms with Crippen molar-refractivity contribution in [2.45, 2.75) is 32.4 Å². The number of thioether (sulfide) groups is 1. The first-order valence-electron chi connectivity index (χ1n) is 8.38. The van der Waals surface area contributed by atoms with Crippen LogP contribution in [-0.2, 0) is 11.3 Å². The van der Waals surface area contributed by atoms with Crippen LogP contribution in [0, 0.1) is 13.8 Å². The van der Waals surface area contributed by atoms with E-state index in [9.17, 15) is 0 Å². The molecule has 4 heteroatoms. The van der Waals surface area contributed by atoms with E-state index in [0.29, 0.717) is 5.54 Å². The smallest absolute Gasteiger partial charge is 0.0594 e. The Kier molecular flexibility index (Phi) is 5.45. The number of nitrogens with zero attached hydrogens (tertiary/aromatic N) is 1. The van der Waals surface area contributed by atoms with Crippen LogP contribution in [0.25, 0.3) is 0 Å². The average molecular weight is 321 g/mol. The zero-order valence-electron chi connectivity index (χ0n) is 13.9. The highest BCUT2D eigenvalue weighted by Crippen LogP contribution is 2.33. The van der Waals surface area contributed by atoms with E-state index in [1.165, 1.54) is 34.6 Å². The Morgan fingerprint density at radius 1 is 1.27 bits per heavy atom. The molecule has 3 rings (SSSR count). The van der Waals surface area contributed by atoms with Crippen molar-refractivity contribution in [3.05, 3.63) is 34.9 Å². The Hall–Kier alpha value is -0.550.